The number of hydrogen-bond acceptors (Lipinski definition) is 3. The van der Waals surface area contributed by atoms with Crippen molar-refractivity contribution < 1.29 is 9.90 Å². The molecule has 2 rings (SSSR count). The van der Waals surface area contributed by atoms with Crippen LogP contribution in [0.1, 0.15) is 35.0 Å². The number of nitrogens with zero attached hydrogens (tertiary/aromatic N) is 1. The molecule has 1 aromatic heterocycles. The standard InChI is InChI=1S/C16H18N2O2/c1-3-4-14-9-12(16(19)20)10-15(18-14)17-13-7-5-11(2)6-8-13/h5-10H,3-4H2,1-2H3,(H,17,18)(H,19,20). The van der Waals surface area contributed by atoms with Crippen LogP contribution in [0, 0.1) is 6.92 Å². The second-order valence-electron chi connectivity index (χ2n) is 4.78. The number of carboxylic acids is 1. The summed E-state index contributed by atoms with van der Waals surface area (Å²) in [5.74, 6) is -0.367. The van der Waals surface area contributed by atoms with Gasteiger partial charge in [-0.1, -0.05) is 31.0 Å². The summed E-state index contributed by atoms with van der Waals surface area (Å²) in [5.41, 5.74) is 3.13. The van der Waals surface area contributed by atoms with Crippen LogP contribution in [0.2, 0.25) is 0 Å². The minimum atomic E-state index is -0.934. The van der Waals surface area contributed by atoms with Crippen molar-refractivity contribution in [3.63, 3.8) is 0 Å². The largest absolute Gasteiger partial charge is 0.478 e. The summed E-state index contributed by atoms with van der Waals surface area (Å²) in [6.07, 6.45) is 1.70. The van der Waals surface area contributed by atoms with Crippen LogP contribution in [0.15, 0.2) is 36.4 Å². The van der Waals surface area contributed by atoms with Gasteiger partial charge >= 0.3 is 5.97 Å². The first-order chi connectivity index (χ1) is 9.58. The lowest BCUT2D eigenvalue weighted by atomic mass is 10.1. The van der Waals surface area contributed by atoms with Gasteiger partial charge in [0.25, 0.3) is 0 Å². The summed E-state index contributed by atoms with van der Waals surface area (Å²) in [6.45, 7) is 4.06. The Kier molecular flexibility index (Phi) is 4.35. The third-order valence-corrected chi connectivity index (χ3v) is 2.96. The summed E-state index contributed by atoms with van der Waals surface area (Å²) < 4.78 is 0. The second-order valence-corrected chi connectivity index (χ2v) is 4.78. The molecule has 0 unspecified atom stereocenters. The van der Waals surface area contributed by atoms with Crippen LogP contribution in [-0.2, 0) is 6.42 Å². The zero-order valence-electron chi connectivity index (χ0n) is 11.7. The quantitative estimate of drug-likeness (QED) is 0.867. The second kappa shape index (κ2) is 6.19. The molecule has 0 atom stereocenters. The van der Waals surface area contributed by atoms with E-state index in [-0.39, 0.29) is 5.56 Å². The van der Waals surface area contributed by atoms with Crippen molar-refractivity contribution in [3.05, 3.63) is 53.2 Å². The van der Waals surface area contributed by atoms with Gasteiger partial charge in [-0.2, -0.15) is 0 Å². The van der Waals surface area contributed by atoms with Crippen molar-refractivity contribution in [2.75, 3.05) is 5.32 Å². The van der Waals surface area contributed by atoms with E-state index < -0.39 is 5.97 Å². The van der Waals surface area contributed by atoms with Crippen LogP contribution < -0.4 is 5.32 Å². The van der Waals surface area contributed by atoms with E-state index >= 15 is 0 Å². The van der Waals surface area contributed by atoms with E-state index in [1.54, 1.807) is 12.1 Å². The van der Waals surface area contributed by atoms with Gasteiger partial charge in [-0.25, -0.2) is 9.78 Å². The Morgan fingerprint density at radius 3 is 2.55 bits per heavy atom. The topological polar surface area (TPSA) is 62.2 Å². The third-order valence-electron chi connectivity index (χ3n) is 2.96. The van der Waals surface area contributed by atoms with Crippen molar-refractivity contribution in [2.45, 2.75) is 26.7 Å². The highest BCUT2D eigenvalue weighted by atomic mass is 16.4. The number of aryl methyl sites for hydroxylation is 2. The first-order valence-electron chi connectivity index (χ1n) is 6.66. The zero-order valence-corrected chi connectivity index (χ0v) is 11.7. The van der Waals surface area contributed by atoms with E-state index in [4.69, 9.17) is 5.11 Å². The number of benzene rings is 1. The van der Waals surface area contributed by atoms with Crippen LogP contribution in [0.3, 0.4) is 0 Å². The van der Waals surface area contributed by atoms with E-state index in [0.717, 1.165) is 24.2 Å². The first-order valence-corrected chi connectivity index (χ1v) is 6.66. The summed E-state index contributed by atoms with van der Waals surface area (Å²) in [6, 6.07) is 11.1. The lowest BCUT2D eigenvalue weighted by Gasteiger charge is -2.09. The van der Waals surface area contributed by atoms with Crippen LogP contribution in [0.25, 0.3) is 0 Å². The fourth-order valence-electron chi connectivity index (χ4n) is 1.94. The Morgan fingerprint density at radius 2 is 1.95 bits per heavy atom. The monoisotopic (exact) mass is 270 g/mol. The Labute approximate surface area is 118 Å². The van der Waals surface area contributed by atoms with Crippen molar-refractivity contribution in [1.29, 1.82) is 0 Å². The summed E-state index contributed by atoms with van der Waals surface area (Å²) in [5, 5.41) is 12.3. The van der Waals surface area contributed by atoms with Crippen LogP contribution >= 0.6 is 0 Å². The molecule has 1 heterocycles. The molecular weight excluding hydrogens is 252 g/mol. The molecule has 0 fully saturated rings. The van der Waals surface area contributed by atoms with Crippen LogP contribution in [0.4, 0.5) is 11.5 Å². The molecule has 2 N–H and O–H groups in total. The number of rotatable bonds is 5. The normalized spacial score (nSPS) is 10.3. The SMILES string of the molecule is CCCc1cc(C(=O)O)cc(Nc2ccc(C)cc2)n1. The maximum Gasteiger partial charge on any atom is 0.335 e. The summed E-state index contributed by atoms with van der Waals surface area (Å²) >= 11 is 0. The molecule has 0 amide bonds. The number of aromatic nitrogens is 1. The minimum absolute atomic E-state index is 0.262. The Bertz CT molecular complexity index is 606. The Balaban J connectivity index is 2.29. The number of nitrogens with one attached hydrogen (secondary N) is 1. The molecule has 4 heteroatoms. The summed E-state index contributed by atoms with van der Waals surface area (Å²) in [7, 11) is 0. The van der Waals surface area contributed by atoms with Crippen molar-refractivity contribution in [2.24, 2.45) is 0 Å². The van der Waals surface area contributed by atoms with E-state index in [2.05, 4.69) is 10.3 Å². The lowest BCUT2D eigenvalue weighted by Crippen LogP contribution is -2.03. The molecule has 1 aromatic carbocycles. The Morgan fingerprint density at radius 1 is 1.25 bits per heavy atom. The molecular formula is C16H18N2O2. The highest BCUT2D eigenvalue weighted by Crippen LogP contribution is 2.18. The van der Waals surface area contributed by atoms with Crippen molar-refractivity contribution >= 4 is 17.5 Å². The number of anilines is 2. The predicted molar refractivity (Wildman–Crippen MR) is 79.7 cm³/mol. The highest BCUT2D eigenvalue weighted by Gasteiger charge is 2.08. The van der Waals surface area contributed by atoms with Gasteiger partial charge in [0, 0.05) is 11.4 Å². The number of carboxylic acid groups (broad SMARTS) is 1. The Hall–Kier alpha value is -2.36. The third kappa shape index (κ3) is 3.57. The lowest BCUT2D eigenvalue weighted by molar-refractivity contribution is 0.0696. The van der Waals surface area contributed by atoms with E-state index in [9.17, 15) is 4.79 Å². The predicted octanol–water partition coefficient (Wildman–Crippen LogP) is 3.78. The fourth-order valence-corrected chi connectivity index (χ4v) is 1.94. The molecule has 0 saturated carbocycles. The zero-order chi connectivity index (χ0) is 14.5. The average Bonchev–Trinajstić information content (AvgIpc) is 2.41. The number of pyridine rings is 1. The van der Waals surface area contributed by atoms with Gasteiger partial charge in [-0.15, -0.1) is 0 Å². The molecule has 0 saturated heterocycles. The molecule has 2 aromatic rings. The maximum absolute atomic E-state index is 11.2. The van der Waals surface area contributed by atoms with Gasteiger partial charge < -0.3 is 10.4 Å². The van der Waals surface area contributed by atoms with Crippen molar-refractivity contribution in [3.8, 4) is 0 Å². The molecule has 4 nitrogen and oxygen atoms in total. The molecule has 0 radical (unpaired) electrons. The van der Waals surface area contributed by atoms with Crippen LogP contribution in [0.5, 0.6) is 0 Å². The minimum Gasteiger partial charge on any atom is -0.478 e. The first kappa shape index (κ1) is 14.1. The molecule has 0 spiro atoms. The molecule has 104 valence electrons. The smallest absolute Gasteiger partial charge is 0.335 e. The van der Waals surface area contributed by atoms with Crippen molar-refractivity contribution in [1.82, 2.24) is 4.98 Å². The van der Waals surface area contributed by atoms with E-state index in [0.29, 0.717) is 5.82 Å². The number of hydrogen-bond donors (Lipinski definition) is 2. The molecule has 0 bridgehead atoms. The van der Waals surface area contributed by atoms with Gasteiger partial charge in [0.05, 0.1) is 5.56 Å². The number of aromatic carboxylic acids is 1. The van der Waals surface area contributed by atoms with E-state index in [1.807, 2.05) is 38.1 Å². The van der Waals surface area contributed by atoms with Crippen LogP contribution in [-0.4, -0.2) is 16.1 Å². The van der Waals surface area contributed by atoms with Gasteiger partial charge in [-0.3, -0.25) is 0 Å². The van der Waals surface area contributed by atoms with Gasteiger partial charge in [0.1, 0.15) is 5.82 Å². The molecule has 20 heavy (non-hydrogen) atoms. The average molecular weight is 270 g/mol. The van der Waals surface area contributed by atoms with Gasteiger partial charge in [-0.05, 0) is 37.6 Å². The molecule has 0 aliphatic heterocycles. The molecule has 0 aliphatic rings. The van der Waals surface area contributed by atoms with E-state index in [1.165, 1.54) is 5.56 Å². The fraction of sp³-hybridized carbons (Fsp3) is 0.250. The van der Waals surface area contributed by atoms with Gasteiger partial charge in [0.2, 0.25) is 0 Å². The number of carbonyl (C=O) groups is 1. The highest BCUT2D eigenvalue weighted by molar-refractivity contribution is 5.88. The summed E-state index contributed by atoms with van der Waals surface area (Å²) in [4.78, 5) is 15.6. The maximum atomic E-state index is 11.2. The van der Waals surface area contributed by atoms with Gasteiger partial charge in [0.15, 0.2) is 0 Å². The molecule has 0 aliphatic carbocycles.